The number of benzene rings is 1. The number of rotatable bonds is 2. The van der Waals surface area contributed by atoms with Gasteiger partial charge in [-0.25, -0.2) is 9.18 Å². The molecule has 1 aromatic carbocycles. The van der Waals surface area contributed by atoms with Gasteiger partial charge in [0, 0.05) is 36.6 Å². The topological polar surface area (TPSA) is 35.9 Å². The molecule has 0 bridgehead atoms. The number of nitrogens with zero attached hydrogens (tertiary/aromatic N) is 3. The van der Waals surface area contributed by atoms with E-state index in [1.165, 1.54) is 17.0 Å². The second-order valence-electron chi connectivity index (χ2n) is 5.85. The fourth-order valence-electron chi connectivity index (χ4n) is 2.70. The van der Waals surface area contributed by atoms with Gasteiger partial charge in [-0.3, -0.25) is 9.89 Å². The summed E-state index contributed by atoms with van der Waals surface area (Å²) in [4.78, 5) is 21.8. The number of fused-ring (bicyclic) bond motifs is 1. The van der Waals surface area contributed by atoms with Crippen LogP contribution >= 0.6 is 23.7 Å². The van der Waals surface area contributed by atoms with Gasteiger partial charge in [-0.05, 0) is 36.8 Å². The Kier molecular flexibility index (Phi) is 6.19. The number of carbonyl (C=O) groups excluding carboxylic acids is 1. The quantitative estimate of drug-likeness (QED) is 0.767. The Bertz CT molecular complexity index is 786. The van der Waals surface area contributed by atoms with E-state index in [9.17, 15) is 9.18 Å². The first-order valence-corrected chi connectivity index (χ1v) is 8.75. The van der Waals surface area contributed by atoms with Crippen LogP contribution in [0.15, 0.2) is 35.3 Å². The lowest BCUT2D eigenvalue weighted by Crippen LogP contribution is -2.40. The number of amides is 2. The monoisotopic (exact) mass is 381 g/mol. The second kappa shape index (κ2) is 7.97. The smallest absolute Gasteiger partial charge is 0.324 e. The van der Waals surface area contributed by atoms with Crippen LogP contribution < -0.4 is 4.90 Å². The Morgan fingerprint density at radius 2 is 2.00 bits per heavy atom. The van der Waals surface area contributed by atoms with Crippen molar-refractivity contribution in [3.05, 3.63) is 52.2 Å². The van der Waals surface area contributed by atoms with E-state index >= 15 is 0 Å². The van der Waals surface area contributed by atoms with Gasteiger partial charge in [0.2, 0.25) is 0 Å². The lowest BCUT2D eigenvalue weighted by Gasteiger charge is -2.24. The van der Waals surface area contributed by atoms with Gasteiger partial charge in [-0.1, -0.05) is 6.92 Å². The predicted octanol–water partition coefficient (Wildman–Crippen LogP) is 4.21. The van der Waals surface area contributed by atoms with E-state index in [-0.39, 0.29) is 24.3 Å². The van der Waals surface area contributed by atoms with Gasteiger partial charge >= 0.3 is 6.03 Å². The minimum absolute atomic E-state index is 0. The fraction of sp³-hybridized carbons (Fsp3) is 0.333. The molecule has 1 aliphatic heterocycles. The molecule has 7 heteroatoms. The number of hydrogen-bond donors (Lipinski definition) is 0. The maximum absolute atomic E-state index is 13.2. The van der Waals surface area contributed by atoms with Crippen molar-refractivity contribution in [3.8, 4) is 0 Å². The van der Waals surface area contributed by atoms with Crippen LogP contribution in [-0.4, -0.2) is 43.8 Å². The summed E-state index contributed by atoms with van der Waals surface area (Å²) in [5.74, 6) is -0.267. The highest BCUT2D eigenvalue weighted by Gasteiger charge is 2.27. The molecule has 0 fully saturated rings. The Balaban J connectivity index is 0.00000225. The minimum atomic E-state index is -0.267. The summed E-state index contributed by atoms with van der Waals surface area (Å²) in [6.45, 7) is 3.16. The number of carbonyl (C=O) groups is 1. The standard InChI is InChI=1S/C18H20FN3OS.ClH/c1-4-14-11-15-16(12-5-7-13(19)8-6-12)20-9-10-22(17(15)24-14)18(23)21(2)3;/h5-8,11H,4,9-10H2,1-3H3;1H. The number of hydrogen-bond acceptors (Lipinski definition) is 3. The summed E-state index contributed by atoms with van der Waals surface area (Å²) in [6, 6.07) is 8.42. The first kappa shape index (κ1) is 19.4. The van der Waals surface area contributed by atoms with E-state index < -0.39 is 0 Å². The third-order valence-corrected chi connectivity index (χ3v) is 5.24. The van der Waals surface area contributed by atoms with Crippen molar-refractivity contribution < 1.29 is 9.18 Å². The third kappa shape index (κ3) is 3.85. The molecule has 0 spiro atoms. The van der Waals surface area contributed by atoms with Crippen LogP contribution in [0, 0.1) is 5.82 Å². The fourth-order valence-corrected chi connectivity index (χ4v) is 3.82. The zero-order valence-corrected chi connectivity index (χ0v) is 16.1. The SMILES string of the molecule is CCc1cc2c(s1)N(C(=O)N(C)C)CCN=C2c1ccc(F)cc1.Cl. The number of aryl methyl sites for hydroxylation is 1. The lowest BCUT2D eigenvalue weighted by molar-refractivity contribution is 0.224. The molecule has 0 radical (unpaired) electrons. The molecule has 1 aliphatic rings. The molecule has 0 saturated heterocycles. The molecule has 2 amide bonds. The van der Waals surface area contributed by atoms with Crippen LogP contribution in [0.1, 0.15) is 22.9 Å². The molecule has 2 heterocycles. The largest absolute Gasteiger partial charge is 0.330 e. The van der Waals surface area contributed by atoms with Crippen LogP contribution in [0.3, 0.4) is 0 Å². The average Bonchev–Trinajstić information content (AvgIpc) is 2.91. The third-order valence-electron chi connectivity index (χ3n) is 3.94. The Morgan fingerprint density at radius 1 is 1.32 bits per heavy atom. The van der Waals surface area contributed by atoms with Crippen LogP contribution in [0.25, 0.3) is 0 Å². The molecular formula is C18H21ClFN3OS. The summed E-state index contributed by atoms with van der Waals surface area (Å²) in [5.41, 5.74) is 2.66. The van der Waals surface area contributed by atoms with Gasteiger partial charge < -0.3 is 4.90 Å². The maximum Gasteiger partial charge on any atom is 0.324 e. The van der Waals surface area contributed by atoms with Gasteiger partial charge in [0.05, 0.1) is 12.3 Å². The lowest BCUT2D eigenvalue weighted by atomic mass is 10.0. The molecular weight excluding hydrogens is 361 g/mol. The molecule has 134 valence electrons. The summed E-state index contributed by atoms with van der Waals surface area (Å²) in [6.07, 6.45) is 0.901. The van der Waals surface area contributed by atoms with E-state index in [0.29, 0.717) is 13.1 Å². The molecule has 1 aromatic heterocycles. The Labute approximate surface area is 157 Å². The number of thiophene rings is 1. The van der Waals surface area contributed by atoms with E-state index in [2.05, 4.69) is 13.0 Å². The molecule has 0 aliphatic carbocycles. The summed E-state index contributed by atoms with van der Waals surface area (Å²) in [7, 11) is 3.51. The molecule has 0 atom stereocenters. The van der Waals surface area contributed by atoms with Crippen molar-refractivity contribution in [1.29, 1.82) is 0 Å². The molecule has 2 aromatic rings. The second-order valence-corrected chi connectivity index (χ2v) is 6.97. The Morgan fingerprint density at radius 3 is 2.60 bits per heavy atom. The highest BCUT2D eigenvalue weighted by atomic mass is 35.5. The van der Waals surface area contributed by atoms with Gasteiger partial charge in [0.1, 0.15) is 10.8 Å². The van der Waals surface area contributed by atoms with Crippen molar-refractivity contribution in [1.82, 2.24) is 4.90 Å². The molecule has 0 N–H and O–H groups in total. The van der Waals surface area contributed by atoms with Crippen LogP contribution in [0.5, 0.6) is 0 Å². The number of anilines is 1. The van der Waals surface area contributed by atoms with Gasteiger partial charge in [0.25, 0.3) is 0 Å². The van der Waals surface area contributed by atoms with Gasteiger partial charge in [0.15, 0.2) is 0 Å². The first-order valence-electron chi connectivity index (χ1n) is 7.93. The number of aliphatic imine (C=N–C) groups is 1. The van der Waals surface area contributed by atoms with E-state index in [0.717, 1.165) is 28.3 Å². The van der Waals surface area contributed by atoms with Crippen molar-refractivity contribution in [2.45, 2.75) is 13.3 Å². The zero-order valence-electron chi connectivity index (χ0n) is 14.5. The van der Waals surface area contributed by atoms with Crippen molar-refractivity contribution in [2.75, 3.05) is 32.1 Å². The van der Waals surface area contributed by atoms with E-state index in [4.69, 9.17) is 4.99 Å². The molecule has 25 heavy (non-hydrogen) atoms. The van der Waals surface area contributed by atoms with Crippen molar-refractivity contribution >= 4 is 40.5 Å². The first-order chi connectivity index (χ1) is 11.5. The van der Waals surface area contributed by atoms with E-state index in [1.54, 1.807) is 47.4 Å². The predicted molar refractivity (Wildman–Crippen MR) is 104 cm³/mol. The molecule has 3 rings (SSSR count). The molecule has 0 saturated carbocycles. The van der Waals surface area contributed by atoms with Crippen LogP contribution in [0.2, 0.25) is 0 Å². The Hall–Kier alpha value is -1.92. The number of halogens is 2. The zero-order chi connectivity index (χ0) is 17.3. The molecule has 0 unspecified atom stereocenters. The van der Waals surface area contributed by atoms with Crippen molar-refractivity contribution in [2.24, 2.45) is 4.99 Å². The van der Waals surface area contributed by atoms with E-state index in [1.807, 2.05) is 0 Å². The number of urea groups is 1. The van der Waals surface area contributed by atoms with Crippen LogP contribution in [0.4, 0.5) is 14.2 Å². The van der Waals surface area contributed by atoms with Crippen LogP contribution in [-0.2, 0) is 6.42 Å². The molecule has 4 nitrogen and oxygen atoms in total. The van der Waals surface area contributed by atoms with Crippen molar-refractivity contribution in [3.63, 3.8) is 0 Å². The average molecular weight is 382 g/mol. The maximum atomic E-state index is 13.2. The normalized spacial score (nSPS) is 13.4. The highest BCUT2D eigenvalue weighted by molar-refractivity contribution is 7.16. The summed E-state index contributed by atoms with van der Waals surface area (Å²) >= 11 is 1.63. The van der Waals surface area contributed by atoms with Gasteiger partial charge in [-0.15, -0.1) is 23.7 Å². The highest BCUT2D eigenvalue weighted by Crippen LogP contribution is 2.36. The minimum Gasteiger partial charge on any atom is -0.330 e. The summed E-state index contributed by atoms with van der Waals surface area (Å²) in [5, 5.41) is 0.922. The summed E-state index contributed by atoms with van der Waals surface area (Å²) < 4.78 is 13.2. The van der Waals surface area contributed by atoms with Gasteiger partial charge in [-0.2, -0.15) is 0 Å².